The van der Waals surface area contributed by atoms with Crippen molar-refractivity contribution in [3.63, 3.8) is 0 Å². The molecule has 0 fully saturated rings. The van der Waals surface area contributed by atoms with Crippen molar-refractivity contribution in [2.24, 2.45) is 7.05 Å². The predicted octanol–water partition coefficient (Wildman–Crippen LogP) is 3.21. The number of ether oxygens (including phenoxy) is 2. The van der Waals surface area contributed by atoms with Crippen LogP contribution in [0.4, 0.5) is 0 Å². The first kappa shape index (κ1) is 16.7. The van der Waals surface area contributed by atoms with E-state index in [1.165, 1.54) is 11.8 Å². The molecule has 3 aromatic rings. The third-order valence-electron chi connectivity index (χ3n) is 3.97. The molecule has 0 saturated heterocycles. The van der Waals surface area contributed by atoms with Crippen molar-refractivity contribution in [1.29, 1.82) is 0 Å². The first-order valence-electron chi connectivity index (χ1n) is 8.21. The van der Waals surface area contributed by atoms with Gasteiger partial charge in [0.1, 0.15) is 5.69 Å². The minimum absolute atomic E-state index is 0.0377. The molecule has 1 aliphatic rings. The second kappa shape index (κ2) is 7.25. The summed E-state index contributed by atoms with van der Waals surface area (Å²) < 4.78 is 18.7. The third-order valence-corrected chi connectivity index (χ3v) is 4.78. The molecule has 0 atom stereocenters. The van der Waals surface area contributed by atoms with Gasteiger partial charge >= 0.3 is 0 Å². The van der Waals surface area contributed by atoms with Crippen molar-refractivity contribution < 1.29 is 18.7 Å². The number of hydrogen-bond acceptors (Lipinski definition) is 7. The van der Waals surface area contributed by atoms with Crippen LogP contribution in [0, 0.1) is 0 Å². The summed E-state index contributed by atoms with van der Waals surface area (Å²) in [6, 6.07) is 9.05. The summed E-state index contributed by atoms with van der Waals surface area (Å²) in [5, 5.41) is 8.39. The summed E-state index contributed by atoms with van der Waals surface area (Å²) >= 11 is 1.22. The fourth-order valence-corrected chi connectivity index (χ4v) is 3.26. The van der Waals surface area contributed by atoms with Crippen molar-refractivity contribution in [2.75, 3.05) is 19.0 Å². The molecule has 1 aliphatic heterocycles. The minimum Gasteiger partial charge on any atom is -0.490 e. The van der Waals surface area contributed by atoms with Crippen LogP contribution in [0.3, 0.4) is 0 Å². The summed E-state index contributed by atoms with van der Waals surface area (Å²) in [5.41, 5.74) is 1.41. The molecular weight excluding hydrogens is 354 g/mol. The van der Waals surface area contributed by atoms with E-state index in [2.05, 4.69) is 10.2 Å². The highest BCUT2D eigenvalue weighted by molar-refractivity contribution is 7.99. The number of Topliss-reactive ketones (excluding diaryl/α,β-unsaturated/α-hetero) is 1. The number of carbonyl (C=O) groups excluding carboxylic acids is 1. The maximum atomic E-state index is 12.5. The standard InChI is InChI=1S/C18H17N3O4S/c1-21-7-2-4-13(21)17-19-20-18(25-17)26-11-14(22)12-5-6-15-16(10-12)24-9-3-8-23-15/h2,4-7,10H,3,8-9,11H2,1H3. The summed E-state index contributed by atoms with van der Waals surface area (Å²) in [7, 11) is 1.90. The van der Waals surface area contributed by atoms with Gasteiger partial charge in [-0.05, 0) is 30.3 Å². The zero-order valence-corrected chi connectivity index (χ0v) is 15.0. The molecule has 4 rings (SSSR count). The fourth-order valence-electron chi connectivity index (χ4n) is 2.60. The lowest BCUT2D eigenvalue weighted by Gasteiger charge is -2.08. The van der Waals surface area contributed by atoms with Gasteiger partial charge in [-0.3, -0.25) is 4.79 Å². The molecule has 2 aromatic heterocycles. The van der Waals surface area contributed by atoms with E-state index in [0.717, 1.165) is 12.1 Å². The van der Waals surface area contributed by atoms with Crippen LogP contribution in [-0.4, -0.2) is 39.5 Å². The fraction of sp³-hybridized carbons (Fsp3) is 0.278. The molecule has 134 valence electrons. The quantitative estimate of drug-likeness (QED) is 0.503. The average molecular weight is 371 g/mol. The lowest BCUT2D eigenvalue weighted by molar-refractivity contribution is 0.102. The van der Waals surface area contributed by atoms with Gasteiger partial charge in [0.2, 0.25) is 0 Å². The predicted molar refractivity (Wildman–Crippen MR) is 95.8 cm³/mol. The van der Waals surface area contributed by atoms with Crippen LogP contribution in [0.15, 0.2) is 46.2 Å². The zero-order chi connectivity index (χ0) is 17.9. The van der Waals surface area contributed by atoms with E-state index in [0.29, 0.717) is 41.4 Å². The first-order chi connectivity index (χ1) is 12.7. The van der Waals surface area contributed by atoms with Crippen molar-refractivity contribution in [3.8, 4) is 23.1 Å². The van der Waals surface area contributed by atoms with Gasteiger partial charge in [-0.1, -0.05) is 11.8 Å². The molecular formula is C18H17N3O4S. The lowest BCUT2D eigenvalue weighted by atomic mass is 10.1. The van der Waals surface area contributed by atoms with Crippen LogP contribution in [0.25, 0.3) is 11.6 Å². The number of fused-ring (bicyclic) bond motifs is 1. The maximum absolute atomic E-state index is 12.5. The summed E-state index contributed by atoms with van der Waals surface area (Å²) in [5.74, 6) is 1.89. The zero-order valence-electron chi connectivity index (χ0n) is 14.2. The molecule has 0 amide bonds. The van der Waals surface area contributed by atoms with Gasteiger partial charge in [0, 0.05) is 25.2 Å². The molecule has 0 radical (unpaired) electrons. The molecule has 0 N–H and O–H groups in total. The second-order valence-electron chi connectivity index (χ2n) is 5.80. The molecule has 0 bridgehead atoms. The van der Waals surface area contributed by atoms with E-state index in [4.69, 9.17) is 13.9 Å². The highest BCUT2D eigenvalue weighted by atomic mass is 32.2. The Labute approximate surface area is 154 Å². The minimum atomic E-state index is -0.0377. The van der Waals surface area contributed by atoms with Gasteiger partial charge in [-0.2, -0.15) is 0 Å². The first-order valence-corrected chi connectivity index (χ1v) is 9.20. The van der Waals surface area contributed by atoms with E-state index in [1.807, 2.05) is 29.9 Å². The molecule has 26 heavy (non-hydrogen) atoms. The molecule has 0 saturated carbocycles. The van der Waals surface area contributed by atoms with Crippen LogP contribution >= 0.6 is 11.8 Å². The number of aryl methyl sites for hydroxylation is 1. The van der Waals surface area contributed by atoms with Crippen molar-refractivity contribution in [2.45, 2.75) is 11.6 Å². The number of hydrogen-bond donors (Lipinski definition) is 0. The summed E-state index contributed by atoms with van der Waals surface area (Å²) in [4.78, 5) is 12.5. The molecule has 3 heterocycles. The summed E-state index contributed by atoms with van der Waals surface area (Å²) in [6.07, 6.45) is 2.73. The highest BCUT2D eigenvalue weighted by Gasteiger charge is 2.16. The Morgan fingerprint density at radius 2 is 2.04 bits per heavy atom. The molecule has 7 nitrogen and oxygen atoms in total. The maximum Gasteiger partial charge on any atom is 0.277 e. The van der Waals surface area contributed by atoms with Crippen molar-refractivity contribution in [3.05, 3.63) is 42.1 Å². The summed E-state index contributed by atoms with van der Waals surface area (Å²) in [6.45, 7) is 1.21. The van der Waals surface area contributed by atoms with E-state index >= 15 is 0 Å². The number of rotatable bonds is 5. The average Bonchev–Trinajstić information content (AvgIpc) is 3.21. The van der Waals surface area contributed by atoms with Crippen LogP contribution < -0.4 is 9.47 Å². The van der Waals surface area contributed by atoms with E-state index in [1.54, 1.807) is 18.2 Å². The smallest absolute Gasteiger partial charge is 0.277 e. The molecule has 0 aliphatic carbocycles. The van der Waals surface area contributed by atoms with Gasteiger partial charge in [-0.25, -0.2) is 0 Å². The van der Waals surface area contributed by atoms with Gasteiger partial charge in [0.25, 0.3) is 11.1 Å². The third kappa shape index (κ3) is 3.45. The van der Waals surface area contributed by atoms with Crippen LogP contribution in [0.5, 0.6) is 11.5 Å². The van der Waals surface area contributed by atoms with E-state index < -0.39 is 0 Å². The highest BCUT2D eigenvalue weighted by Crippen LogP contribution is 2.31. The van der Waals surface area contributed by atoms with Crippen LogP contribution in [0.2, 0.25) is 0 Å². The molecule has 0 spiro atoms. The Kier molecular flexibility index (Phi) is 4.66. The molecule has 8 heteroatoms. The monoisotopic (exact) mass is 371 g/mol. The number of aromatic nitrogens is 3. The Morgan fingerprint density at radius 3 is 2.85 bits per heavy atom. The topological polar surface area (TPSA) is 79.4 Å². The van der Waals surface area contributed by atoms with Gasteiger partial charge in [-0.15, -0.1) is 10.2 Å². The van der Waals surface area contributed by atoms with Crippen molar-refractivity contribution >= 4 is 17.5 Å². The Morgan fingerprint density at radius 1 is 1.19 bits per heavy atom. The van der Waals surface area contributed by atoms with Crippen LogP contribution in [0.1, 0.15) is 16.8 Å². The molecule has 0 unspecified atom stereocenters. The number of nitrogens with zero attached hydrogens (tertiary/aromatic N) is 3. The van der Waals surface area contributed by atoms with Gasteiger partial charge in [0.15, 0.2) is 17.3 Å². The number of benzene rings is 1. The van der Waals surface area contributed by atoms with Crippen molar-refractivity contribution in [1.82, 2.24) is 14.8 Å². The number of thioether (sulfide) groups is 1. The Balaban J connectivity index is 1.42. The normalized spacial score (nSPS) is 13.4. The SMILES string of the molecule is Cn1cccc1-c1nnc(SCC(=O)c2ccc3c(c2)OCCCO3)o1. The van der Waals surface area contributed by atoms with Crippen LogP contribution in [-0.2, 0) is 7.05 Å². The Bertz CT molecular complexity index is 934. The van der Waals surface area contributed by atoms with E-state index in [9.17, 15) is 4.79 Å². The largest absolute Gasteiger partial charge is 0.490 e. The number of ketones is 1. The lowest BCUT2D eigenvalue weighted by Crippen LogP contribution is -2.03. The number of carbonyl (C=O) groups is 1. The second-order valence-corrected chi connectivity index (χ2v) is 6.73. The van der Waals surface area contributed by atoms with Gasteiger partial charge in [0.05, 0.1) is 19.0 Å². The Hall–Kier alpha value is -2.74. The van der Waals surface area contributed by atoms with Gasteiger partial charge < -0.3 is 18.5 Å². The molecule has 1 aromatic carbocycles. The van der Waals surface area contributed by atoms with E-state index in [-0.39, 0.29) is 11.5 Å².